The normalized spacial score (nSPS) is 15.6. The summed E-state index contributed by atoms with van der Waals surface area (Å²) in [6.07, 6.45) is -0.558. The monoisotopic (exact) mass is 314 g/mol. The molecule has 0 aromatic rings. The number of carboxylic acids is 2. The van der Waals surface area contributed by atoms with Crippen LogP contribution in [0.2, 0.25) is 0 Å². The van der Waals surface area contributed by atoms with Crippen molar-refractivity contribution in [2.45, 2.75) is 57.2 Å². The topological polar surface area (TPSA) is 150 Å². The fourth-order valence-electron chi connectivity index (χ4n) is 1.71. The lowest BCUT2D eigenvalue weighted by molar-refractivity contribution is -0.143. The highest BCUT2D eigenvalue weighted by Crippen LogP contribution is 2.12. The average molecular weight is 314 g/mol. The zero-order valence-electron chi connectivity index (χ0n) is 12.6. The first-order chi connectivity index (χ1) is 10.1. The van der Waals surface area contributed by atoms with Crippen molar-refractivity contribution in [3.8, 4) is 11.8 Å². The summed E-state index contributed by atoms with van der Waals surface area (Å²) in [6, 6.07) is -2.04. The Kier molecular flexibility index (Phi) is 8.15. The third-order valence-corrected chi connectivity index (χ3v) is 3.06. The Balaban J connectivity index is 4.43. The summed E-state index contributed by atoms with van der Waals surface area (Å²) in [7, 11) is 0. The van der Waals surface area contributed by atoms with Crippen molar-refractivity contribution >= 4 is 17.8 Å². The molecular formula is C14H22N2O6. The smallest absolute Gasteiger partial charge is 0.326 e. The third-order valence-electron chi connectivity index (χ3n) is 3.06. The highest BCUT2D eigenvalue weighted by molar-refractivity contribution is 5.83. The molecule has 8 nitrogen and oxygen atoms in total. The molecule has 3 unspecified atom stereocenters. The van der Waals surface area contributed by atoms with E-state index in [1.165, 1.54) is 6.92 Å². The molecule has 124 valence electrons. The summed E-state index contributed by atoms with van der Waals surface area (Å²) < 4.78 is 0. The Morgan fingerprint density at radius 2 is 1.82 bits per heavy atom. The van der Waals surface area contributed by atoms with Crippen molar-refractivity contribution in [1.82, 2.24) is 5.32 Å². The highest BCUT2D eigenvalue weighted by Gasteiger charge is 2.27. The van der Waals surface area contributed by atoms with Crippen LogP contribution in [-0.4, -0.2) is 50.9 Å². The Morgan fingerprint density at radius 1 is 1.23 bits per heavy atom. The van der Waals surface area contributed by atoms with E-state index in [2.05, 4.69) is 17.2 Å². The lowest BCUT2D eigenvalue weighted by Crippen LogP contribution is -2.46. The van der Waals surface area contributed by atoms with E-state index in [-0.39, 0.29) is 25.7 Å². The van der Waals surface area contributed by atoms with Crippen LogP contribution in [0.3, 0.4) is 0 Å². The molecule has 0 aromatic carbocycles. The SMILES string of the molecule is CC#CC(C)(O)C(N)CCC(=O)NC(CCC(=O)O)C(=O)O. The van der Waals surface area contributed by atoms with Crippen LogP contribution < -0.4 is 11.1 Å². The van der Waals surface area contributed by atoms with E-state index in [1.807, 2.05) is 0 Å². The number of hydrogen-bond acceptors (Lipinski definition) is 5. The van der Waals surface area contributed by atoms with E-state index in [4.69, 9.17) is 15.9 Å². The van der Waals surface area contributed by atoms with E-state index < -0.39 is 35.5 Å². The van der Waals surface area contributed by atoms with Crippen molar-refractivity contribution in [3.63, 3.8) is 0 Å². The Hall–Kier alpha value is -2.11. The quantitative estimate of drug-likeness (QED) is 0.353. The van der Waals surface area contributed by atoms with E-state index in [0.717, 1.165) is 0 Å². The van der Waals surface area contributed by atoms with Gasteiger partial charge < -0.3 is 26.4 Å². The van der Waals surface area contributed by atoms with Gasteiger partial charge in [0.15, 0.2) is 0 Å². The average Bonchev–Trinajstić information content (AvgIpc) is 2.39. The van der Waals surface area contributed by atoms with Crippen LogP contribution in [-0.2, 0) is 14.4 Å². The molecule has 0 aliphatic carbocycles. The lowest BCUT2D eigenvalue weighted by Gasteiger charge is -2.24. The van der Waals surface area contributed by atoms with E-state index >= 15 is 0 Å². The van der Waals surface area contributed by atoms with Crippen molar-refractivity contribution in [2.24, 2.45) is 5.73 Å². The molecular weight excluding hydrogens is 292 g/mol. The molecule has 1 amide bonds. The molecule has 0 rings (SSSR count). The van der Waals surface area contributed by atoms with Crippen molar-refractivity contribution in [1.29, 1.82) is 0 Å². The van der Waals surface area contributed by atoms with Crippen molar-refractivity contribution in [2.75, 3.05) is 0 Å². The Bertz CT molecular complexity index is 477. The fraction of sp³-hybridized carbons (Fsp3) is 0.643. The molecule has 0 aliphatic rings. The van der Waals surface area contributed by atoms with Gasteiger partial charge in [0, 0.05) is 18.9 Å². The maximum Gasteiger partial charge on any atom is 0.326 e. The summed E-state index contributed by atoms with van der Waals surface area (Å²) in [5.74, 6) is 2.04. The largest absolute Gasteiger partial charge is 0.481 e. The number of carboxylic acid groups (broad SMARTS) is 2. The molecule has 6 N–H and O–H groups in total. The predicted molar refractivity (Wildman–Crippen MR) is 77.7 cm³/mol. The second-order valence-corrected chi connectivity index (χ2v) is 5.06. The summed E-state index contributed by atoms with van der Waals surface area (Å²) in [5.41, 5.74) is 4.31. The molecule has 0 spiro atoms. The Morgan fingerprint density at radius 3 is 2.27 bits per heavy atom. The number of rotatable bonds is 9. The van der Waals surface area contributed by atoms with Gasteiger partial charge in [-0.1, -0.05) is 5.92 Å². The van der Waals surface area contributed by atoms with Crippen molar-refractivity contribution < 1.29 is 29.7 Å². The number of carbonyl (C=O) groups is 3. The Labute approximate surface area is 128 Å². The molecule has 0 fully saturated rings. The second-order valence-electron chi connectivity index (χ2n) is 5.06. The van der Waals surface area contributed by atoms with Crippen LogP contribution in [0.1, 0.15) is 39.5 Å². The van der Waals surface area contributed by atoms with E-state index in [1.54, 1.807) is 6.92 Å². The second kappa shape index (κ2) is 9.02. The maximum atomic E-state index is 11.7. The van der Waals surface area contributed by atoms with Crippen LogP contribution in [0.4, 0.5) is 0 Å². The van der Waals surface area contributed by atoms with Gasteiger partial charge in [0.05, 0.1) is 0 Å². The van der Waals surface area contributed by atoms with Gasteiger partial charge in [0.2, 0.25) is 5.91 Å². The van der Waals surface area contributed by atoms with Crippen LogP contribution in [0, 0.1) is 11.8 Å². The van der Waals surface area contributed by atoms with Crippen molar-refractivity contribution in [3.05, 3.63) is 0 Å². The zero-order chi connectivity index (χ0) is 17.3. The molecule has 0 bridgehead atoms. The first-order valence-electron chi connectivity index (χ1n) is 6.76. The summed E-state index contributed by atoms with van der Waals surface area (Å²) in [6.45, 7) is 2.98. The van der Waals surface area contributed by atoms with Gasteiger partial charge in [-0.15, -0.1) is 5.92 Å². The molecule has 0 aliphatic heterocycles. The molecule has 0 radical (unpaired) electrons. The standard InChI is InChI=1S/C14H22N2O6/c1-3-8-14(2,22)10(15)5-6-11(17)16-9(13(20)21)4-7-12(18)19/h9-10,22H,4-7,15H2,1-2H3,(H,16,17)(H,18,19)(H,20,21). The molecule has 22 heavy (non-hydrogen) atoms. The number of aliphatic hydroxyl groups is 1. The first-order valence-corrected chi connectivity index (χ1v) is 6.76. The summed E-state index contributed by atoms with van der Waals surface area (Å²) in [4.78, 5) is 33.1. The molecule has 0 saturated heterocycles. The zero-order valence-corrected chi connectivity index (χ0v) is 12.6. The lowest BCUT2D eigenvalue weighted by atomic mass is 9.93. The van der Waals surface area contributed by atoms with Crippen LogP contribution in [0.15, 0.2) is 0 Å². The van der Waals surface area contributed by atoms with E-state index in [0.29, 0.717) is 0 Å². The van der Waals surface area contributed by atoms with Crippen LogP contribution in [0.25, 0.3) is 0 Å². The third kappa shape index (κ3) is 7.61. The number of hydrogen-bond donors (Lipinski definition) is 5. The van der Waals surface area contributed by atoms with Gasteiger partial charge in [0.25, 0.3) is 0 Å². The molecule has 8 heteroatoms. The number of nitrogens with two attached hydrogens (primary N) is 1. The summed E-state index contributed by atoms with van der Waals surface area (Å²) in [5, 5.41) is 29.6. The number of amides is 1. The molecule has 0 heterocycles. The van der Waals surface area contributed by atoms with Gasteiger partial charge >= 0.3 is 11.9 Å². The number of aliphatic carboxylic acids is 2. The molecule has 0 saturated carbocycles. The van der Waals surface area contributed by atoms with Gasteiger partial charge in [-0.3, -0.25) is 9.59 Å². The minimum absolute atomic E-state index is 0.0977. The van der Waals surface area contributed by atoms with Crippen LogP contribution >= 0.6 is 0 Å². The number of carbonyl (C=O) groups excluding carboxylic acids is 1. The van der Waals surface area contributed by atoms with Gasteiger partial charge in [-0.2, -0.15) is 0 Å². The minimum atomic E-state index is -1.44. The predicted octanol–water partition coefficient (Wildman–Crippen LogP) is -0.698. The van der Waals surface area contributed by atoms with Gasteiger partial charge in [0.1, 0.15) is 11.6 Å². The van der Waals surface area contributed by atoms with E-state index in [9.17, 15) is 19.5 Å². The molecule has 0 aromatic heterocycles. The van der Waals surface area contributed by atoms with Crippen LogP contribution in [0.5, 0.6) is 0 Å². The minimum Gasteiger partial charge on any atom is -0.481 e. The summed E-state index contributed by atoms with van der Waals surface area (Å²) >= 11 is 0. The number of nitrogens with one attached hydrogen (secondary N) is 1. The highest BCUT2D eigenvalue weighted by atomic mass is 16.4. The fourth-order valence-corrected chi connectivity index (χ4v) is 1.71. The maximum absolute atomic E-state index is 11.7. The van der Waals surface area contributed by atoms with Gasteiger partial charge in [-0.25, -0.2) is 4.79 Å². The first kappa shape index (κ1) is 19.9. The molecule has 3 atom stereocenters. The van der Waals surface area contributed by atoms with Gasteiger partial charge in [-0.05, 0) is 26.7 Å².